The van der Waals surface area contributed by atoms with E-state index in [0.717, 1.165) is 5.56 Å². The molecular formula is C19H15LiNO-. The molecule has 0 heterocycles. The maximum absolute atomic E-state index is 11.6. The first-order valence-corrected chi connectivity index (χ1v) is 6.84. The Kier molecular flexibility index (Phi) is 5.60. The van der Waals surface area contributed by atoms with Gasteiger partial charge in [0.05, 0.1) is 0 Å². The van der Waals surface area contributed by atoms with Crippen LogP contribution in [0.4, 0.5) is 5.69 Å². The van der Waals surface area contributed by atoms with Crippen molar-refractivity contribution in [2.75, 3.05) is 0 Å². The van der Waals surface area contributed by atoms with Crippen LogP contribution < -0.4 is 10.1 Å². The van der Waals surface area contributed by atoms with Crippen LogP contribution >= 0.6 is 0 Å². The number of rotatable bonds is 3. The molecule has 0 amide bonds. The Bertz CT molecular complexity index is 752. The molecule has 3 heteroatoms. The van der Waals surface area contributed by atoms with Crippen LogP contribution in [0.25, 0.3) is 11.1 Å². The van der Waals surface area contributed by atoms with Crippen LogP contribution in [0.3, 0.4) is 0 Å². The van der Waals surface area contributed by atoms with Gasteiger partial charge in [0.1, 0.15) is 0 Å². The van der Waals surface area contributed by atoms with Gasteiger partial charge < -0.3 is 24.0 Å². The van der Waals surface area contributed by atoms with Crippen LogP contribution in [-0.2, 0) is 0 Å². The SMILES string of the molecule is [Li-].[O-]c1ccccc1[NH+]=Cc1ccc(-c2ccccc2)cc1. The minimum Gasteiger partial charge on any atom is -1.00 e. The number of hydrogen-bond acceptors (Lipinski definition) is 1. The van der Waals surface area contributed by atoms with E-state index < -0.39 is 0 Å². The van der Waals surface area contributed by atoms with E-state index in [0.29, 0.717) is 5.69 Å². The van der Waals surface area contributed by atoms with Gasteiger partial charge in [-0.3, -0.25) is 0 Å². The standard InChI is InChI=1S/C19H15NO.Li/c21-19-9-5-4-8-18(19)20-14-15-10-12-17(13-11-15)16-6-2-1-3-7-16;/h1-14,21H;/q;-1. The van der Waals surface area contributed by atoms with Crippen molar-refractivity contribution in [3.8, 4) is 16.9 Å². The summed E-state index contributed by atoms with van der Waals surface area (Å²) in [5.41, 5.74) is 3.99. The molecule has 0 fully saturated rings. The summed E-state index contributed by atoms with van der Waals surface area (Å²) in [6, 6.07) is 25.4. The molecule has 0 aliphatic carbocycles. The molecular weight excluding hydrogens is 265 g/mol. The monoisotopic (exact) mass is 280 g/mol. The van der Waals surface area contributed by atoms with Crippen molar-refractivity contribution in [1.82, 2.24) is 0 Å². The van der Waals surface area contributed by atoms with Crippen molar-refractivity contribution in [2.24, 2.45) is 0 Å². The summed E-state index contributed by atoms with van der Waals surface area (Å²) in [6.45, 7) is 0. The fourth-order valence-electron chi connectivity index (χ4n) is 2.15. The average molecular weight is 280 g/mol. The summed E-state index contributed by atoms with van der Waals surface area (Å²) in [5, 5.41) is 11.6. The van der Waals surface area contributed by atoms with Crippen LogP contribution in [0, 0.1) is 0 Å². The van der Waals surface area contributed by atoms with Gasteiger partial charge in [-0.15, -0.1) is 0 Å². The molecule has 22 heavy (non-hydrogen) atoms. The second-order valence-corrected chi connectivity index (χ2v) is 4.77. The Morgan fingerprint density at radius 1 is 0.682 bits per heavy atom. The van der Waals surface area contributed by atoms with Crippen LogP contribution in [0.1, 0.15) is 5.56 Å². The summed E-state index contributed by atoms with van der Waals surface area (Å²) < 4.78 is 0. The molecule has 2 nitrogen and oxygen atoms in total. The third-order valence-corrected chi connectivity index (χ3v) is 3.30. The van der Waals surface area contributed by atoms with Gasteiger partial charge >= 0.3 is 0 Å². The van der Waals surface area contributed by atoms with Crippen molar-refractivity contribution in [1.29, 1.82) is 0 Å². The van der Waals surface area contributed by atoms with Gasteiger partial charge in [0.15, 0.2) is 11.9 Å². The molecule has 0 bridgehead atoms. The topological polar surface area (TPSA) is 37.0 Å². The first-order valence-electron chi connectivity index (χ1n) is 6.84. The molecule has 0 spiro atoms. The molecule has 0 unspecified atom stereocenters. The van der Waals surface area contributed by atoms with Crippen molar-refractivity contribution < 1.29 is 10.1 Å². The van der Waals surface area contributed by atoms with Crippen LogP contribution in [0.2, 0.25) is 0 Å². The van der Waals surface area contributed by atoms with E-state index in [1.54, 1.807) is 18.2 Å². The van der Waals surface area contributed by atoms with Crippen LogP contribution in [0.5, 0.6) is 5.75 Å². The Hall–Kier alpha value is -2.27. The van der Waals surface area contributed by atoms with Crippen LogP contribution in [0.15, 0.2) is 78.9 Å². The number of benzene rings is 3. The second kappa shape index (κ2) is 7.66. The molecule has 0 aliphatic heterocycles. The number of para-hydroxylation sites is 2. The predicted molar refractivity (Wildman–Crippen MR) is 89.3 cm³/mol. The first kappa shape index (κ1) is 16.1. The van der Waals surface area contributed by atoms with Gasteiger partial charge in [-0.1, -0.05) is 60.7 Å². The molecule has 3 aromatic rings. The number of nitrogens with one attached hydrogen (secondary N) is 1. The molecule has 2 radical (unpaired) electrons. The molecule has 0 aliphatic rings. The molecule has 3 aromatic carbocycles. The van der Waals surface area contributed by atoms with E-state index >= 15 is 0 Å². The van der Waals surface area contributed by atoms with E-state index in [2.05, 4.69) is 29.3 Å². The Morgan fingerprint density at radius 3 is 1.95 bits per heavy atom. The third kappa shape index (κ3) is 3.89. The summed E-state index contributed by atoms with van der Waals surface area (Å²) in [5.74, 6) is -0.00495. The molecule has 1 N–H and O–H groups in total. The zero-order chi connectivity index (χ0) is 14.5. The maximum Gasteiger partial charge on any atom is 0.195 e. The van der Waals surface area contributed by atoms with Crippen molar-refractivity contribution >= 4 is 30.8 Å². The maximum atomic E-state index is 11.6. The van der Waals surface area contributed by atoms with Crippen molar-refractivity contribution in [3.05, 3.63) is 84.4 Å². The van der Waals surface area contributed by atoms with E-state index in [1.165, 1.54) is 11.1 Å². The first-order chi connectivity index (χ1) is 10.3. The van der Waals surface area contributed by atoms with Gasteiger partial charge in [-0.25, -0.2) is 4.99 Å². The number of hydrogen-bond donors (Lipinski definition) is 1. The van der Waals surface area contributed by atoms with Gasteiger partial charge in [0.25, 0.3) is 0 Å². The van der Waals surface area contributed by atoms with Gasteiger partial charge in [0, 0.05) is 11.6 Å². The van der Waals surface area contributed by atoms with Gasteiger partial charge in [-0.05, 0) is 29.0 Å². The Morgan fingerprint density at radius 2 is 1.27 bits per heavy atom. The van der Waals surface area contributed by atoms with Crippen molar-refractivity contribution in [2.45, 2.75) is 0 Å². The van der Waals surface area contributed by atoms with Crippen LogP contribution in [-0.4, -0.2) is 25.1 Å². The Labute approximate surface area is 142 Å². The fraction of sp³-hybridized carbons (Fsp3) is 0. The second-order valence-electron chi connectivity index (χ2n) is 4.77. The van der Waals surface area contributed by atoms with Gasteiger partial charge in [-0.2, -0.15) is 0 Å². The zero-order valence-electron chi connectivity index (χ0n) is 12.5. The summed E-state index contributed by atoms with van der Waals surface area (Å²) in [7, 11) is 0. The Balaban J connectivity index is 0.00000176. The van der Waals surface area contributed by atoms with E-state index in [4.69, 9.17) is 0 Å². The van der Waals surface area contributed by atoms with E-state index in [-0.39, 0.29) is 24.6 Å². The molecule has 3 rings (SSSR count). The summed E-state index contributed by atoms with van der Waals surface area (Å²) in [4.78, 5) is 3.05. The average Bonchev–Trinajstić information content (AvgIpc) is 2.55. The fourth-order valence-corrected chi connectivity index (χ4v) is 2.15. The largest absolute Gasteiger partial charge is 1.00 e. The zero-order valence-corrected chi connectivity index (χ0v) is 12.5. The molecule has 0 saturated carbocycles. The minimum absolute atomic E-state index is 0. The third-order valence-electron chi connectivity index (χ3n) is 3.30. The van der Waals surface area contributed by atoms with E-state index in [9.17, 15) is 5.11 Å². The van der Waals surface area contributed by atoms with E-state index in [1.807, 2.05) is 42.6 Å². The summed E-state index contributed by atoms with van der Waals surface area (Å²) in [6.07, 6.45) is 1.84. The molecule has 0 atom stereocenters. The summed E-state index contributed by atoms with van der Waals surface area (Å²) >= 11 is 0. The quantitative estimate of drug-likeness (QED) is 0.577. The molecule has 0 aromatic heterocycles. The normalized spacial score (nSPS) is 10.4. The van der Waals surface area contributed by atoms with Crippen molar-refractivity contribution in [3.63, 3.8) is 0 Å². The predicted octanol–water partition coefficient (Wildman–Crippen LogP) is 1.88. The molecule has 0 saturated heterocycles. The van der Waals surface area contributed by atoms with Gasteiger partial charge in [0.2, 0.25) is 0 Å². The minimum atomic E-state index is -0.00495. The molecule has 104 valence electrons. The smallest absolute Gasteiger partial charge is 0.195 e.